The number of allylic oxidation sites excluding steroid dienone is 4. The van der Waals surface area contributed by atoms with Gasteiger partial charge in [0, 0.05) is 31.9 Å². The van der Waals surface area contributed by atoms with Gasteiger partial charge >= 0.3 is 0 Å². The Bertz CT molecular complexity index is 929. The van der Waals surface area contributed by atoms with E-state index in [0.717, 1.165) is 11.1 Å². The minimum Gasteiger partial charge on any atom is -0.378 e. The van der Waals surface area contributed by atoms with E-state index < -0.39 is 0 Å². The van der Waals surface area contributed by atoms with Crippen LogP contribution in [0.5, 0.6) is 0 Å². The van der Waals surface area contributed by atoms with Crippen molar-refractivity contribution in [1.82, 2.24) is 0 Å². The Labute approximate surface area is 157 Å². The summed E-state index contributed by atoms with van der Waals surface area (Å²) >= 11 is 0. The van der Waals surface area contributed by atoms with Crippen LogP contribution in [-0.2, 0) is 0 Å². The van der Waals surface area contributed by atoms with Gasteiger partial charge in [0.1, 0.15) is 0 Å². The van der Waals surface area contributed by atoms with Crippen LogP contribution in [0.2, 0.25) is 0 Å². The van der Waals surface area contributed by atoms with E-state index in [1.807, 2.05) is 12.1 Å². The van der Waals surface area contributed by atoms with Crippen LogP contribution in [0.25, 0.3) is 16.7 Å². The maximum absolute atomic E-state index is 7.84. The van der Waals surface area contributed by atoms with Crippen LogP contribution in [0, 0.1) is 11.3 Å². The maximum atomic E-state index is 7.84. The molecule has 2 heteroatoms. The second kappa shape index (κ2) is 6.95. The second-order valence-corrected chi connectivity index (χ2v) is 7.42. The summed E-state index contributed by atoms with van der Waals surface area (Å²) in [6.07, 6.45) is 1.45. The van der Waals surface area contributed by atoms with Gasteiger partial charge in [-0.05, 0) is 71.9 Å². The Hall–Kier alpha value is -2.61. The number of anilines is 1. The fourth-order valence-electron chi connectivity index (χ4n) is 3.94. The molecule has 2 nitrogen and oxygen atoms in total. The van der Waals surface area contributed by atoms with Crippen molar-refractivity contribution < 1.29 is 0 Å². The fourth-order valence-corrected chi connectivity index (χ4v) is 3.94. The summed E-state index contributed by atoms with van der Waals surface area (Å²) in [6.45, 7) is 9.02. The molecule has 2 aromatic carbocycles. The molecule has 134 valence electrons. The van der Waals surface area contributed by atoms with E-state index in [1.165, 1.54) is 45.3 Å². The van der Waals surface area contributed by atoms with Crippen molar-refractivity contribution in [3.63, 3.8) is 0 Å². The summed E-state index contributed by atoms with van der Waals surface area (Å²) in [4.78, 5) is 2.13. The number of nitrogens with zero attached hydrogens (tertiary/aromatic N) is 1. The highest BCUT2D eigenvalue weighted by molar-refractivity contribution is 5.95. The molecular weight excluding hydrogens is 316 g/mol. The van der Waals surface area contributed by atoms with Crippen LogP contribution in [-0.4, -0.2) is 20.3 Å². The summed E-state index contributed by atoms with van der Waals surface area (Å²) in [5, 5.41) is 7.84. The first-order chi connectivity index (χ1) is 12.4. The maximum Gasteiger partial charge on any atom is 0.0367 e. The van der Waals surface area contributed by atoms with Crippen molar-refractivity contribution in [2.24, 2.45) is 5.92 Å². The van der Waals surface area contributed by atoms with Crippen LogP contribution in [0.4, 0.5) is 5.69 Å². The lowest BCUT2D eigenvalue weighted by Gasteiger charge is -2.21. The third-order valence-corrected chi connectivity index (χ3v) is 5.86. The Morgan fingerprint density at radius 3 is 2.15 bits per heavy atom. The van der Waals surface area contributed by atoms with E-state index in [1.54, 1.807) is 0 Å². The molecule has 2 aromatic rings. The van der Waals surface area contributed by atoms with Gasteiger partial charge < -0.3 is 10.3 Å². The molecule has 0 saturated carbocycles. The average Bonchev–Trinajstić information content (AvgIpc) is 2.84. The fraction of sp³-hybridized carbons (Fsp3) is 0.292. The highest BCUT2D eigenvalue weighted by atomic mass is 15.1. The van der Waals surface area contributed by atoms with Crippen molar-refractivity contribution in [3.8, 4) is 11.1 Å². The minimum atomic E-state index is 0.422. The van der Waals surface area contributed by atoms with E-state index >= 15 is 0 Å². The second-order valence-electron chi connectivity index (χ2n) is 7.42. The molecule has 1 aliphatic carbocycles. The summed E-state index contributed by atoms with van der Waals surface area (Å²) in [5.41, 5.74) is 11.4. The zero-order chi connectivity index (χ0) is 19.0. The molecule has 0 radical (unpaired) electrons. The van der Waals surface area contributed by atoms with E-state index in [-0.39, 0.29) is 0 Å². The van der Waals surface area contributed by atoms with E-state index in [0.29, 0.717) is 5.92 Å². The summed E-state index contributed by atoms with van der Waals surface area (Å²) in [6, 6.07) is 14.9. The number of rotatable bonds is 4. The van der Waals surface area contributed by atoms with Gasteiger partial charge in [0.15, 0.2) is 0 Å². The molecule has 1 aliphatic rings. The van der Waals surface area contributed by atoms with Crippen molar-refractivity contribution in [2.75, 3.05) is 19.0 Å². The van der Waals surface area contributed by atoms with Crippen molar-refractivity contribution in [3.05, 3.63) is 70.3 Å². The monoisotopic (exact) mass is 344 g/mol. The molecule has 26 heavy (non-hydrogen) atoms. The average molecular weight is 345 g/mol. The Kier molecular flexibility index (Phi) is 4.86. The SMILES string of the molecule is CC1=C(C)C(C)C(c2ccc(N(C)C)cc2-c2ccccc2C=N)=C1C. The number of hydrogen-bond donors (Lipinski definition) is 1. The number of hydrogen-bond acceptors (Lipinski definition) is 2. The molecule has 1 atom stereocenters. The van der Waals surface area contributed by atoms with Gasteiger partial charge in [-0.2, -0.15) is 0 Å². The molecule has 0 spiro atoms. The molecule has 0 aliphatic heterocycles. The van der Waals surface area contributed by atoms with Gasteiger partial charge in [-0.1, -0.05) is 42.8 Å². The van der Waals surface area contributed by atoms with Gasteiger partial charge in [0.25, 0.3) is 0 Å². The first-order valence-electron chi connectivity index (χ1n) is 9.17. The molecule has 0 saturated heterocycles. The van der Waals surface area contributed by atoms with E-state index in [2.05, 4.69) is 77.0 Å². The molecule has 0 aromatic heterocycles. The van der Waals surface area contributed by atoms with Gasteiger partial charge in [-0.25, -0.2) is 0 Å². The summed E-state index contributed by atoms with van der Waals surface area (Å²) < 4.78 is 0. The lowest BCUT2D eigenvalue weighted by Crippen LogP contribution is -2.09. The van der Waals surface area contributed by atoms with Gasteiger partial charge in [-0.15, -0.1) is 0 Å². The molecule has 1 unspecified atom stereocenters. The quantitative estimate of drug-likeness (QED) is 0.659. The topological polar surface area (TPSA) is 27.1 Å². The van der Waals surface area contributed by atoms with E-state index in [4.69, 9.17) is 5.41 Å². The molecule has 0 amide bonds. The third-order valence-electron chi connectivity index (χ3n) is 5.86. The first kappa shape index (κ1) is 18.2. The first-order valence-corrected chi connectivity index (χ1v) is 9.17. The molecule has 0 bridgehead atoms. The molecule has 1 N–H and O–H groups in total. The van der Waals surface area contributed by atoms with Crippen molar-refractivity contribution in [1.29, 1.82) is 5.41 Å². The Morgan fingerprint density at radius 1 is 0.885 bits per heavy atom. The molecular formula is C24H28N2. The van der Waals surface area contributed by atoms with Crippen LogP contribution >= 0.6 is 0 Å². The zero-order valence-electron chi connectivity index (χ0n) is 16.6. The smallest absolute Gasteiger partial charge is 0.0367 e. The van der Waals surface area contributed by atoms with Gasteiger partial charge in [-0.3, -0.25) is 0 Å². The van der Waals surface area contributed by atoms with Gasteiger partial charge in [0.05, 0.1) is 0 Å². The van der Waals surface area contributed by atoms with Crippen molar-refractivity contribution >= 4 is 17.5 Å². The zero-order valence-corrected chi connectivity index (χ0v) is 16.6. The van der Waals surface area contributed by atoms with Crippen LogP contribution in [0.1, 0.15) is 38.8 Å². The predicted octanol–water partition coefficient (Wildman–Crippen LogP) is 6.18. The lowest BCUT2D eigenvalue weighted by molar-refractivity contribution is 0.895. The molecule has 3 rings (SSSR count). The summed E-state index contributed by atoms with van der Waals surface area (Å²) in [5.74, 6) is 0.422. The van der Waals surface area contributed by atoms with E-state index in [9.17, 15) is 0 Å². The molecule has 0 fully saturated rings. The normalized spacial score (nSPS) is 17.1. The molecule has 0 heterocycles. The largest absolute Gasteiger partial charge is 0.378 e. The van der Waals surface area contributed by atoms with Crippen LogP contribution in [0.3, 0.4) is 0 Å². The predicted molar refractivity (Wildman–Crippen MR) is 114 cm³/mol. The Morgan fingerprint density at radius 2 is 1.58 bits per heavy atom. The summed E-state index contributed by atoms with van der Waals surface area (Å²) in [7, 11) is 4.14. The number of nitrogens with one attached hydrogen (secondary N) is 1. The van der Waals surface area contributed by atoms with Crippen LogP contribution in [0.15, 0.2) is 59.2 Å². The standard InChI is InChI=1S/C24H28N2/c1-15-16(2)18(4)24(17(15)3)22-12-11-20(26(5)6)13-23(22)21-10-8-7-9-19(21)14-25/h7-14,17,25H,1-6H3. The highest BCUT2D eigenvalue weighted by Gasteiger charge is 2.27. The van der Waals surface area contributed by atoms with Gasteiger partial charge in [0.2, 0.25) is 0 Å². The highest BCUT2D eigenvalue weighted by Crippen LogP contribution is 2.46. The Balaban J connectivity index is 2.30. The number of benzene rings is 2. The third kappa shape index (κ3) is 2.90. The van der Waals surface area contributed by atoms with Crippen LogP contribution < -0.4 is 4.90 Å². The minimum absolute atomic E-state index is 0.422. The lowest BCUT2D eigenvalue weighted by atomic mass is 9.85. The van der Waals surface area contributed by atoms with Crippen molar-refractivity contribution in [2.45, 2.75) is 27.7 Å².